The molecule has 0 aromatic carbocycles. The molecule has 0 aliphatic heterocycles. The van der Waals surface area contributed by atoms with Crippen LogP contribution in [0.1, 0.15) is 278 Å². The summed E-state index contributed by atoms with van der Waals surface area (Å²) < 4.78 is 5.48. The van der Waals surface area contributed by atoms with Crippen molar-refractivity contribution >= 4 is 5.97 Å². The van der Waals surface area contributed by atoms with E-state index in [4.69, 9.17) is 4.74 Å². The molecule has 50 heavy (non-hydrogen) atoms. The van der Waals surface area contributed by atoms with Gasteiger partial charge in [0.15, 0.2) is 0 Å². The fraction of sp³-hybridized carbons (Fsp3) is 0.938. The summed E-state index contributed by atoms with van der Waals surface area (Å²) in [4.78, 5) is 12.0. The second-order valence-corrected chi connectivity index (χ2v) is 16.3. The van der Waals surface area contributed by atoms with E-state index in [1.54, 1.807) is 0 Å². The van der Waals surface area contributed by atoms with E-state index in [0.717, 1.165) is 18.8 Å². The van der Waals surface area contributed by atoms with Crippen molar-refractivity contribution in [2.75, 3.05) is 6.61 Å². The lowest BCUT2D eigenvalue weighted by atomic mass is 9.99. The number of ether oxygens (including phenoxy) is 1. The van der Waals surface area contributed by atoms with Crippen LogP contribution in [0.2, 0.25) is 0 Å². The summed E-state index contributed by atoms with van der Waals surface area (Å²) >= 11 is 0. The molecule has 0 radical (unpaired) electrons. The molecule has 1 unspecified atom stereocenters. The van der Waals surface area contributed by atoms with E-state index in [1.807, 2.05) is 0 Å². The van der Waals surface area contributed by atoms with Gasteiger partial charge in [-0.1, -0.05) is 245 Å². The zero-order valence-electron chi connectivity index (χ0n) is 35.0. The maximum absolute atomic E-state index is 12.0. The maximum Gasteiger partial charge on any atom is 0.305 e. The average molecular weight is 703 g/mol. The number of hydrogen-bond donors (Lipinski definition) is 0. The molecule has 0 aromatic rings. The fourth-order valence-electron chi connectivity index (χ4n) is 7.29. The van der Waals surface area contributed by atoms with E-state index in [2.05, 4.69) is 32.9 Å². The van der Waals surface area contributed by atoms with Crippen molar-refractivity contribution < 1.29 is 9.53 Å². The second-order valence-electron chi connectivity index (χ2n) is 16.3. The Bertz CT molecular complexity index is 655. The van der Waals surface area contributed by atoms with Crippen LogP contribution in [0.5, 0.6) is 0 Å². The minimum Gasteiger partial charge on any atom is -0.466 e. The molecule has 2 nitrogen and oxygen atoms in total. The van der Waals surface area contributed by atoms with Crippen LogP contribution in [0.15, 0.2) is 12.2 Å². The largest absolute Gasteiger partial charge is 0.466 e. The molecule has 0 heterocycles. The van der Waals surface area contributed by atoms with Crippen LogP contribution in [-0.4, -0.2) is 12.6 Å². The molecule has 0 aliphatic carbocycles. The number of unbranched alkanes of at least 4 members (excludes halogenated alkanes) is 34. The quantitative estimate of drug-likeness (QED) is 0.0359. The Hall–Kier alpha value is -0.790. The average Bonchev–Trinajstić information content (AvgIpc) is 3.12. The van der Waals surface area contributed by atoms with Crippen LogP contribution in [0.25, 0.3) is 0 Å². The van der Waals surface area contributed by atoms with Gasteiger partial charge < -0.3 is 4.74 Å². The molecule has 0 spiro atoms. The van der Waals surface area contributed by atoms with Gasteiger partial charge in [0.1, 0.15) is 0 Å². The summed E-state index contributed by atoms with van der Waals surface area (Å²) in [5.41, 5.74) is 0. The van der Waals surface area contributed by atoms with Crippen molar-refractivity contribution in [3.8, 4) is 0 Å². The van der Waals surface area contributed by atoms with Crippen LogP contribution < -0.4 is 0 Å². The lowest BCUT2D eigenvalue weighted by Gasteiger charge is -2.07. The highest BCUT2D eigenvalue weighted by atomic mass is 16.5. The highest BCUT2D eigenvalue weighted by Gasteiger charge is 2.03. The van der Waals surface area contributed by atoms with Gasteiger partial charge in [0.25, 0.3) is 0 Å². The first-order valence-electron chi connectivity index (χ1n) is 23.5. The first-order chi connectivity index (χ1) is 24.7. The summed E-state index contributed by atoms with van der Waals surface area (Å²) in [7, 11) is 0. The normalized spacial score (nSPS) is 12.3. The molecule has 0 aromatic heterocycles. The minimum absolute atomic E-state index is 0.0249. The van der Waals surface area contributed by atoms with Crippen molar-refractivity contribution in [3.05, 3.63) is 12.2 Å². The number of rotatable bonds is 43. The Morgan fingerprint density at radius 1 is 0.420 bits per heavy atom. The van der Waals surface area contributed by atoms with Gasteiger partial charge >= 0.3 is 5.97 Å². The van der Waals surface area contributed by atoms with Gasteiger partial charge in [0.05, 0.1) is 6.61 Å². The predicted octanol–water partition coefficient (Wildman–Crippen LogP) is 17.4. The molecular weight excluding hydrogens is 609 g/mol. The minimum atomic E-state index is 0.0249. The van der Waals surface area contributed by atoms with E-state index in [0.29, 0.717) is 13.0 Å². The molecule has 0 rings (SSSR count). The van der Waals surface area contributed by atoms with E-state index >= 15 is 0 Å². The number of hydrogen-bond acceptors (Lipinski definition) is 2. The predicted molar refractivity (Wildman–Crippen MR) is 225 cm³/mol. The fourth-order valence-corrected chi connectivity index (χ4v) is 7.29. The second kappa shape index (κ2) is 44.4. The van der Waals surface area contributed by atoms with E-state index in [1.165, 1.54) is 238 Å². The van der Waals surface area contributed by atoms with Gasteiger partial charge in [-0.25, -0.2) is 0 Å². The van der Waals surface area contributed by atoms with Gasteiger partial charge in [-0.2, -0.15) is 0 Å². The molecule has 0 aliphatic rings. The summed E-state index contributed by atoms with van der Waals surface area (Å²) in [6.07, 6.45) is 58.9. The van der Waals surface area contributed by atoms with Gasteiger partial charge in [-0.05, 0) is 44.4 Å². The van der Waals surface area contributed by atoms with Crippen molar-refractivity contribution in [3.63, 3.8) is 0 Å². The molecule has 0 N–H and O–H groups in total. The Morgan fingerprint density at radius 3 is 1.12 bits per heavy atom. The number of carbonyl (C=O) groups excluding carboxylic acids is 1. The standard InChI is InChI=1S/C48H94O2/c1-4-6-7-8-9-10-11-12-13-20-24-27-30-33-36-39-42-45-48(49)50-46-43-40-37-34-31-28-25-22-19-17-15-14-16-18-21-23-26-29-32-35-38-41-44-47(3)5-2/h12-13,47H,4-11,14-46H2,1-3H3. The van der Waals surface area contributed by atoms with Crippen molar-refractivity contribution in [1.29, 1.82) is 0 Å². The third-order valence-electron chi connectivity index (χ3n) is 11.2. The zero-order chi connectivity index (χ0) is 36.3. The highest BCUT2D eigenvalue weighted by molar-refractivity contribution is 5.69. The van der Waals surface area contributed by atoms with Crippen LogP contribution in [0.4, 0.5) is 0 Å². The van der Waals surface area contributed by atoms with Gasteiger partial charge in [-0.15, -0.1) is 0 Å². The molecule has 1 atom stereocenters. The third-order valence-corrected chi connectivity index (χ3v) is 11.2. The zero-order valence-corrected chi connectivity index (χ0v) is 35.0. The van der Waals surface area contributed by atoms with E-state index < -0.39 is 0 Å². The van der Waals surface area contributed by atoms with Crippen molar-refractivity contribution in [2.45, 2.75) is 278 Å². The van der Waals surface area contributed by atoms with Crippen molar-refractivity contribution in [2.24, 2.45) is 5.92 Å². The summed E-state index contributed by atoms with van der Waals surface area (Å²) in [5, 5.41) is 0. The van der Waals surface area contributed by atoms with E-state index in [9.17, 15) is 4.79 Å². The van der Waals surface area contributed by atoms with Crippen molar-refractivity contribution in [1.82, 2.24) is 0 Å². The molecule has 298 valence electrons. The number of carbonyl (C=O) groups is 1. The Labute approximate surface area is 316 Å². The first-order valence-corrected chi connectivity index (χ1v) is 23.5. The summed E-state index contributed by atoms with van der Waals surface area (Å²) in [5.74, 6) is 0.961. The summed E-state index contributed by atoms with van der Waals surface area (Å²) in [6.45, 7) is 7.64. The smallest absolute Gasteiger partial charge is 0.305 e. The third kappa shape index (κ3) is 43.4. The maximum atomic E-state index is 12.0. The number of allylic oxidation sites excluding steroid dienone is 2. The Kier molecular flexibility index (Phi) is 43.7. The van der Waals surface area contributed by atoms with Crippen LogP contribution in [-0.2, 0) is 9.53 Å². The monoisotopic (exact) mass is 703 g/mol. The Morgan fingerprint density at radius 2 is 0.740 bits per heavy atom. The van der Waals surface area contributed by atoms with Gasteiger partial charge in [0, 0.05) is 6.42 Å². The molecule has 0 amide bonds. The summed E-state index contributed by atoms with van der Waals surface area (Å²) in [6, 6.07) is 0. The number of esters is 1. The Balaban J connectivity index is 3.17. The van der Waals surface area contributed by atoms with Crippen LogP contribution in [0, 0.1) is 5.92 Å². The first kappa shape index (κ1) is 49.2. The lowest BCUT2D eigenvalue weighted by Crippen LogP contribution is -2.05. The van der Waals surface area contributed by atoms with Gasteiger partial charge in [-0.3, -0.25) is 4.79 Å². The lowest BCUT2D eigenvalue weighted by molar-refractivity contribution is -0.143. The topological polar surface area (TPSA) is 26.3 Å². The molecule has 0 bridgehead atoms. The molecule has 0 saturated carbocycles. The van der Waals surface area contributed by atoms with E-state index in [-0.39, 0.29) is 5.97 Å². The SMILES string of the molecule is CCCCCCCCC=CCCCCCCCCCC(=O)OCCCCCCCCCCCCCCCCCCCCCCCCC(C)CC. The molecule has 2 heteroatoms. The molecular formula is C48H94O2. The van der Waals surface area contributed by atoms with Crippen LogP contribution in [0.3, 0.4) is 0 Å². The van der Waals surface area contributed by atoms with Gasteiger partial charge in [0.2, 0.25) is 0 Å². The molecule has 0 fully saturated rings. The van der Waals surface area contributed by atoms with Crippen LogP contribution >= 0.6 is 0 Å². The highest BCUT2D eigenvalue weighted by Crippen LogP contribution is 2.17. The molecule has 0 saturated heterocycles.